The first-order chi connectivity index (χ1) is 16.0. The topological polar surface area (TPSA) is 58.9 Å². The van der Waals surface area contributed by atoms with Crippen LogP contribution in [0.15, 0.2) is 11.6 Å². The Bertz CT molecular complexity index is 863. The van der Waals surface area contributed by atoms with E-state index in [9.17, 15) is 10.2 Å². The molecule has 0 aromatic carbocycles. The van der Waals surface area contributed by atoms with Crippen molar-refractivity contribution in [2.24, 2.45) is 52.3 Å². The molecule has 6 rings (SSSR count). The maximum absolute atomic E-state index is 11.2. The van der Waals surface area contributed by atoms with Crippen molar-refractivity contribution in [2.75, 3.05) is 6.61 Å². The number of aliphatic hydroxyl groups is 2. The highest BCUT2D eigenvalue weighted by atomic mass is 35.5. The quantitative estimate of drug-likeness (QED) is 0.348. The molecule has 192 valence electrons. The minimum absolute atomic E-state index is 0.194. The van der Waals surface area contributed by atoms with Crippen molar-refractivity contribution >= 4 is 23.2 Å². The molecule has 13 atom stereocenters. The van der Waals surface area contributed by atoms with Crippen LogP contribution in [0.25, 0.3) is 0 Å². The molecule has 0 bridgehead atoms. The number of alkyl halides is 2. The summed E-state index contributed by atoms with van der Waals surface area (Å²) in [6.45, 7) is 9.99. The molecule has 6 heteroatoms. The van der Waals surface area contributed by atoms with E-state index < -0.39 is 22.8 Å². The summed E-state index contributed by atoms with van der Waals surface area (Å²) in [5.41, 5.74) is 1.33. The predicted octanol–water partition coefficient (Wildman–Crippen LogP) is 5.71. The Morgan fingerprint density at radius 1 is 1.12 bits per heavy atom. The molecule has 4 nitrogen and oxygen atoms in total. The smallest absolute Gasteiger partial charge is 0.171 e. The number of aliphatic hydroxyl groups excluding tert-OH is 2. The first-order valence-corrected chi connectivity index (χ1v) is 14.5. The maximum atomic E-state index is 11.2. The number of rotatable bonds is 1. The Morgan fingerprint density at radius 2 is 1.88 bits per heavy atom. The third kappa shape index (κ3) is 3.18. The van der Waals surface area contributed by atoms with Gasteiger partial charge in [0.25, 0.3) is 0 Å². The molecule has 2 aliphatic heterocycles. The fraction of sp³-hybridized carbons (Fsp3) is 0.929. The average molecular weight is 514 g/mol. The van der Waals surface area contributed by atoms with Gasteiger partial charge in [0, 0.05) is 24.2 Å². The van der Waals surface area contributed by atoms with Gasteiger partial charge in [-0.05, 0) is 73.0 Å². The van der Waals surface area contributed by atoms with Gasteiger partial charge in [-0.25, -0.2) is 0 Å². The second-order valence-corrected chi connectivity index (χ2v) is 14.5. The molecule has 5 fully saturated rings. The van der Waals surface area contributed by atoms with Crippen molar-refractivity contribution < 1.29 is 19.7 Å². The minimum atomic E-state index is -0.555. The molecule has 0 aromatic rings. The first kappa shape index (κ1) is 24.5. The fourth-order valence-corrected chi connectivity index (χ4v) is 10.8. The largest absolute Gasteiger partial charge is 0.393 e. The minimum Gasteiger partial charge on any atom is -0.393 e. The Kier molecular flexibility index (Phi) is 5.82. The molecule has 3 saturated carbocycles. The lowest BCUT2D eigenvalue weighted by atomic mass is 9.46. The Labute approximate surface area is 214 Å². The number of halogens is 2. The van der Waals surface area contributed by atoms with Crippen LogP contribution in [0.4, 0.5) is 0 Å². The summed E-state index contributed by atoms with van der Waals surface area (Å²) in [6, 6.07) is 0. The summed E-state index contributed by atoms with van der Waals surface area (Å²) >= 11 is 12.8. The molecule has 34 heavy (non-hydrogen) atoms. The molecular weight excluding hydrogens is 471 g/mol. The van der Waals surface area contributed by atoms with E-state index in [1.807, 2.05) is 0 Å². The van der Waals surface area contributed by atoms with Gasteiger partial charge in [0.05, 0.1) is 24.9 Å². The van der Waals surface area contributed by atoms with Crippen LogP contribution < -0.4 is 0 Å². The van der Waals surface area contributed by atoms with E-state index in [2.05, 4.69) is 33.8 Å². The Morgan fingerprint density at radius 3 is 2.62 bits per heavy atom. The molecule has 2 heterocycles. The van der Waals surface area contributed by atoms with E-state index in [1.165, 1.54) is 12.0 Å². The van der Waals surface area contributed by atoms with Gasteiger partial charge in [-0.15, -0.1) is 23.2 Å². The van der Waals surface area contributed by atoms with Crippen LogP contribution in [0, 0.1) is 52.3 Å². The van der Waals surface area contributed by atoms with Crippen LogP contribution in [-0.4, -0.2) is 45.8 Å². The molecule has 0 amide bonds. The summed E-state index contributed by atoms with van der Waals surface area (Å²) in [6.07, 6.45) is 8.25. The lowest BCUT2D eigenvalue weighted by Crippen LogP contribution is -2.56. The Balaban J connectivity index is 1.28. The van der Waals surface area contributed by atoms with Gasteiger partial charge in [0.1, 0.15) is 4.84 Å². The standard InChI is InChI=1S/C28H42Cl2O4/c1-14-13-33-28(12-19(14)25(29)30)15(2)24-22(34-28)11-21-18-6-5-16-9-17(31)10-23(32)27(16,4)20(18)7-8-26(21,24)3/h5,14-15,17-25,31-32H,6-13H2,1-4H3/t14-,15-,17+,18+,19+,20-,21+,22-,23+,24-,26+,27+,28+/m0/s1. The fourth-order valence-electron chi connectivity index (χ4n) is 10.1. The zero-order valence-electron chi connectivity index (χ0n) is 21.1. The summed E-state index contributed by atoms with van der Waals surface area (Å²) in [7, 11) is 0. The summed E-state index contributed by atoms with van der Waals surface area (Å²) in [5.74, 6) is 2.43. The second kappa shape index (κ2) is 8.08. The van der Waals surface area contributed by atoms with E-state index in [1.54, 1.807) is 0 Å². The number of allylic oxidation sites excluding steroid dienone is 1. The van der Waals surface area contributed by atoms with Crippen molar-refractivity contribution in [3.05, 3.63) is 11.6 Å². The van der Waals surface area contributed by atoms with Crippen LogP contribution in [0.3, 0.4) is 0 Å². The molecule has 6 aliphatic rings. The van der Waals surface area contributed by atoms with Crippen LogP contribution in [-0.2, 0) is 9.47 Å². The summed E-state index contributed by atoms with van der Waals surface area (Å²) in [5, 5.41) is 21.5. The van der Waals surface area contributed by atoms with Crippen molar-refractivity contribution in [2.45, 2.75) is 102 Å². The number of hydrogen-bond donors (Lipinski definition) is 2. The Hall–Kier alpha value is 0.160. The maximum Gasteiger partial charge on any atom is 0.171 e. The molecule has 0 aromatic heterocycles. The zero-order chi connectivity index (χ0) is 24.2. The van der Waals surface area contributed by atoms with Gasteiger partial charge < -0.3 is 19.7 Å². The van der Waals surface area contributed by atoms with Gasteiger partial charge in [-0.3, -0.25) is 0 Å². The highest BCUT2D eigenvalue weighted by Crippen LogP contribution is 2.70. The van der Waals surface area contributed by atoms with Gasteiger partial charge in [-0.2, -0.15) is 0 Å². The van der Waals surface area contributed by atoms with Crippen LogP contribution >= 0.6 is 23.2 Å². The van der Waals surface area contributed by atoms with Gasteiger partial charge in [-0.1, -0.05) is 39.3 Å². The highest BCUT2D eigenvalue weighted by Gasteiger charge is 2.69. The average Bonchev–Trinajstić information content (AvgIpc) is 3.21. The molecule has 0 radical (unpaired) electrons. The van der Waals surface area contributed by atoms with Crippen molar-refractivity contribution in [1.82, 2.24) is 0 Å². The summed E-state index contributed by atoms with van der Waals surface area (Å²) in [4.78, 5) is -0.393. The normalized spacial score (nSPS) is 58.8. The molecular formula is C28H42Cl2O4. The number of hydrogen-bond acceptors (Lipinski definition) is 4. The van der Waals surface area contributed by atoms with E-state index in [0.717, 1.165) is 32.1 Å². The molecule has 1 spiro atoms. The molecule has 0 unspecified atom stereocenters. The van der Waals surface area contributed by atoms with Gasteiger partial charge >= 0.3 is 0 Å². The van der Waals surface area contributed by atoms with Crippen LogP contribution in [0.1, 0.15) is 72.6 Å². The van der Waals surface area contributed by atoms with Crippen LogP contribution in [0.5, 0.6) is 0 Å². The molecule has 2 saturated heterocycles. The first-order valence-electron chi connectivity index (χ1n) is 13.7. The number of fused-ring (bicyclic) bond motifs is 7. The van der Waals surface area contributed by atoms with E-state index in [0.29, 0.717) is 48.5 Å². The lowest BCUT2D eigenvalue weighted by Gasteiger charge is -2.59. The third-order valence-electron chi connectivity index (χ3n) is 12.0. The van der Waals surface area contributed by atoms with Crippen molar-refractivity contribution in [1.29, 1.82) is 0 Å². The second-order valence-electron chi connectivity index (χ2n) is 13.3. The van der Waals surface area contributed by atoms with E-state index in [4.69, 9.17) is 32.7 Å². The lowest BCUT2D eigenvalue weighted by molar-refractivity contribution is -0.283. The SMILES string of the molecule is C[C@H]1CO[C@]2(C[C@H]1C(Cl)Cl)O[C@H]1C[C@@H]3[C@@H]4CC=C5C[C@@H](O)C[C@@H](O)[C@@]5(C)[C@H]4CC[C@@]3(C)[C@H]1[C@@H]2C. The molecule has 2 N–H and O–H groups in total. The highest BCUT2D eigenvalue weighted by molar-refractivity contribution is 6.44. The van der Waals surface area contributed by atoms with Crippen LogP contribution in [0.2, 0.25) is 0 Å². The number of ether oxygens (including phenoxy) is 2. The zero-order valence-corrected chi connectivity index (χ0v) is 22.6. The van der Waals surface area contributed by atoms with E-state index in [-0.39, 0.29) is 22.9 Å². The van der Waals surface area contributed by atoms with Crippen molar-refractivity contribution in [3.63, 3.8) is 0 Å². The van der Waals surface area contributed by atoms with E-state index >= 15 is 0 Å². The third-order valence-corrected chi connectivity index (χ3v) is 12.7. The molecule has 4 aliphatic carbocycles. The summed E-state index contributed by atoms with van der Waals surface area (Å²) < 4.78 is 13.4. The van der Waals surface area contributed by atoms with Gasteiger partial charge in [0.2, 0.25) is 0 Å². The predicted molar refractivity (Wildman–Crippen MR) is 133 cm³/mol. The van der Waals surface area contributed by atoms with Crippen molar-refractivity contribution in [3.8, 4) is 0 Å². The monoisotopic (exact) mass is 512 g/mol. The van der Waals surface area contributed by atoms with Gasteiger partial charge in [0.15, 0.2) is 5.79 Å².